The van der Waals surface area contributed by atoms with E-state index in [1.807, 2.05) is 19.2 Å². The van der Waals surface area contributed by atoms with Gasteiger partial charge in [-0.1, -0.05) is 0 Å². The van der Waals surface area contributed by atoms with Gasteiger partial charge in [-0.3, -0.25) is 4.98 Å². The van der Waals surface area contributed by atoms with E-state index in [1.165, 1.54) is 5.69 Å². The van der Waals surface area contributed by atoms with Crippen LogP contribution in [0, 0.1) is 6.92 Å². The van der Waals surface area contributed by atoms with Gasteiger partial charge in [0.25, 0.3) is 0 Å². The summed E-state index contributed by atoms with van der Waals surface area (Å²) in [5, 5.41) is 0. The highest BCUT2D eigenvalue weighted by Crippen LogP contribution is 2.21. The molecule has 1 aromatic rings. The highest BCUT2D eigenvalue weighted by atomic mass is 16.5. The molecule has 1 aliphatic rings. The molecule has 1 fully saturated rings. The summed E-state index contributed by atoms with van der Waals surface area (Å²) in [5.74, 6) is 0. The largest absolute Gasteiger partial charge is 0.382 e. The van der Waals surface area contributed by atoms with Gasteiger partial charge < -0.3 is 14.4 Å². The van der Waals surface area contributed by atoms with Gasteiger partial charge in [-0.2, -0.15) is 0 Å². The summed E-state index contributed by atoms with van der Waals surface area (Å²) in [6.45, 7) is 5.25. The molecule has 1 aliphatic heterocycles. The second-order valence-electron chi connectivity index (χ2n) is 4.05. The number of anilines is 1. The number of aromatic nitrogens is 1. The van der Waals surface area contributed by atoms with Gasteiger partial charge in [0, 0.05) is 25.9 Å². The quantitative estimate of drug-likeness (QED) is 0.702. The molecule has 0 amide bonds. The fourth-order valence-electron chi connectivity index (χ4n) is 1.70. The van der Waals surface area contributed by atoms with Crippen LogP contribution in [-0.2, 0) is 9.47 Å². The van der Waals surface area contributed by atoms with Gasteiger partial charge in [0.05, 0.1) is 31.2 Å². The minimum absolute atomic E-state index is 0.344. The Hall–Kier alpha value is -1.13. The van der Waals surface area contributed by atoms with Gasteiger partial charge in [0.1, 0.15) is 0 Å². The Morgan fingerprint density at radius 1 is 1.38 bits per heavy atom. The van der Waals surface area contributed by atoms with E-state index >= 15 is 0 Å². The van der Waals surface area contributed by atoms with Crippen molar-refractivity contribution in [2.75, 3.05) is 38.3 Å². The highest BCUT2D eigenvalue weighted by Gasteiger charge is 2.27. The molecule has 0 aromatic carbocycles. The van der Waals surface area contributed by atoms with E-state index in [0.29, 0.717) is 19.3 Å². The second-order valence-corrected chi connectivity index (χ2v) is 4.05. The van der Waals surface area contributed by atoms with Crippen LogP contribution in [0.1, 0.15) is 5.69 Å². The van der Waals surface area contributed by atoms with Crippen molar-refractivity contribution in [2.24, 2.45) is 0 Å². The van der Waals surface area contributed by atoms with Gasteiger partial charge >= 0.3 is 0 Å². The van der Waals surface area contributed by atoms with Crippen LogP contribution in [0.4, 0.5) is 5.69 Å². The predicted octanol–water partition coefficient (Wildman–Crippen LogP) is 1.24. The fourth-order valence-corrected chi connectivity index (χ4v) is 1.70. The van der Waals surface area contributed by atoms with E-state index in [2.05, 4.69) is 16.0 Å². The molecule has 0 N–H and O–H groups in total. The number of methoxy groups -OCH3 is 1. The molecule has 0 atom stereocenters. The zero-order chi connectivity index (χ0) is 11.4. The Bertz CT molecular complexity index is 320. The van der Waals surface area contributed by atoms with Crippen molar-refractivity contribution in [2.45, 2.75) is 13.0 Å². The predicted molar refractivity (Wildman–Crippen MR) is 62.8 cm³/mol. The topological polar surface area (TPSA) is 34.6 Å². The lowest BCUT2D eigenvalue weighted by atomic mass is 10.1. The van der Waals surface area contributed by atoms with E-state index in [-0.39, 0.29) is 0 Å². The van der Waals surface area contributed by atoms with Crippen molar-refractivity contribution in [3.63, 3.8) is 0 Å². The van der Waals surface area contributed by atoms with E-state index in [1.54, 1.807) is 7.11 Å². The third-order valence-corrected chi connectivity index (χ3v) is 2.75. The zero-order valence-electron chi connectivity index (χ0n) is 9.85. The number of hydrogen-bond acceptors (Lipinski definition) is 4. The van der Waals surface area contributed by atoms with Crippen LogP contribution in [-0.4, -0.2) is 44.5 Å². The van der Waals surface area contributed by atoms with Gasteiger partial charge in [0.2, 0.25) is 0 Å². The lowest BCUT2D eigenvalue weighted by Crippen LogP contribution is -2.52. The average Bonchev–Trinajstić information content (AvgIpc) is 2.23. The molecule has 88 valence electrons. The van der Waals surface area contributed by atoms with Crippen LogP contribution in [0.2, 0.25) is 0 Å². The Morgan fingerprint density at radius 2 is 2.19 bits per heavy atom. The SMILES string of the molecule is COCCOC1CN(c2ccc(C)nc2)C1. The molecule has 1 aromatic heterocycles. The Morgan fingerprint density at radius 3 is 2.81 bits per heavy atom. The van der Waals surface area contributed by atoms with E-state index in [4.69, 9.17) is 9.47 Å². The Balaban J connectivity index is 1.73. The summed E-state index contributed by atoms with van der Waals surface area (Å²) in [5.41, 5.74) is 2.23. The first-order valence-corrected chi connectivity index (χ1v) is 5.58. The number of pyridine rings is 1. The van der Waals surface area contributed by atoms with Crippen molar-refractivity contribution in [1.29, 1.82) is 0 Å². The molecule has 16 heavy (non-hydrogen) atoms. The molecule has 0 spiro atoms. The first-order valence-electron chi connectivity index (χ1n) is 5.58. The van der Waals surface area contributed by atoms with Crippen LogP contribution in [0.25, 0.3) is 0 Å². The lowest BCUT2D eigenvalue weighted by molar-refractivity contribution is 0.00398. The standard InChI is InChI=1S/C12H18N2O2/c1-10-3-4-11(7-13-10)14-8-12(9-14)16-6-5-15-2/h3-4,7,12H,5-6,8-9H2,1-2H3. The Kier molecular flexibility index (Phi) is 3.74. The van der Waals surface area contributed by atoms with Gasteiger partial charge in [-0.05, 0) is 19.1 Å². The number of ether oxygens (including phenoxy) is 2. The molecular formula is C12H18N2O2. The summed E-state index contributed by atoms with van der Waals surface area (Å²) in [7, 11) is 1.69. The van der Waals surface area contributed by atoms with Crippen molar-refractivity contribution in [3.8, 4) is 0 Å². The molecule has 2 heterocycles. The van der Waals surface area contributed by atoms with Crippen molar-refractivity contribution in [3.05, 3.63) is 24.0 Å². The molecule has 0 saturated carbocycles. The maximum Gasteiger partial charge on any atom is 0.0925 e. The maximum atomic E-state index is 5.61. The second kappa shape index (κ2) is 5.27. The third-order valence-electron chi connectivity index (χ3n) is 2.75. The van der Waals surface area contributed by atoms with Crippen LogP contribution in [0.3, 0.4) is 0 Å². The van der Waals surface area contributed by atoms with E-state index in [9.17, 15) is 0 Å². The number of aryl methyl sites for hydroxylation is 1. The molecule has 0 bridgehead atoms. The first-order chi connectivity index (χ1) is 7.79. The number of rotatable bonds is 5. The molecule has 0 radical (unpaired) electrons. The summed E-state index contributed by atoms with van der Waals surface area (Å²) in [6, 6.07) is 4.14. The molecule has 0 aliphatic carbocycles. The van der Waals surface area contributed by atoms with Crippen LogP contribution in [0.5, 0.6) is 0 Å². The first kappa shape index (κ1) is 11.4. The van der Waals surface area contributed by atoms with Crippen LogP contribution < -0.4 is 4.90 Å². The number of nitrogens with zero attached hydrogens (tertiary/aromatic N) is 2. The molecule has 4 nitrogen and oxygen atoms in total. The van der Waals surface area contributed by atoms with E-state index in [0.717, 1.165) is 18.8 Å². The summed E-state index contributed by atoms with van der Waals surface area (Å²) in [4.78, 5) is 6.55. The summed E-state index contributed by atoms with van der Waals surface area (Å²) >= 11 is 0. The van der Waals surface area contributed by atoms with Crippen molar-refractivity contribution >= 4 is 5.69 Å². The minimum Gasteiger partial charge on any atom is -0.382 e. The van der Waals surface area contributed by atoms with Gasteiger partial charge in [-0.15, -0.1) is 0 Å². The molecule has 0 unspecified atom stereocenters. The molecule has 1 saturated heterocycles. The number of hydrogen-bond donors (Lipinski definition) is 0. The zero-order valence-corrected chi connectivity index (χ0v) is 9.85. The fraction of sp³-hybridized carbons (Fsp3) is 0.583. The third kappa shape index (κ3) is 2.71. The summed E-state index contributed by atoms with van der Waals surface area (Å²) < 4.78 is 10.5. The maximum absolute atomic E-state index is 5.61. The van der Waals surface area contributed by atoms with Crippen LogP contribution >= 0.6 is 0 Å². The summed E-state index contributed by atoms with van der Waals surface area (Å²) in [6.07, 6.45) is 2.26. The molecule has 2 rings (SSSR count). The lowest BCUT2D eigenvalue weighted by Gasteiger charge is -2.40. The molecular weight excluding hydrogens is 204 g/mol. The van der Waals surface area contributed by atoms with Crippen molar-refractivity contribution < 1.29 is 9.47 Å². The average molecular weight is 222 g/mol. The van der Waals surface area contributed by atoms with Gasteiger partial charge in [0.15, 0.2) is 0 Å². The van der Waals surface area contributed by atoms with Crippen LogP contribution in [0.15, 0.2) is 18.3 Å². The van der Waals surface area contributed by atoms with Crippen molar-refractivity contribution in [1.82, 2.24) is 4.98 Å². The monoisotopic (exact) mass is 222 g/mol. The Labute approximate surface area is 96.2 Å². The highest BCUT2D eigenvalue weighted by molar-refractivity contribution is 5.47. The minimum atomic E-state index is 0.344. The van der Waals surface area contributed by atoms with E-state index < -0.39 is 0 Å². The smallest absolute Gasteiger partial charge is 0.0925 e. The molecule has 4 heteroatoms. The van der Waals surface area contributed by atoms with Gasteiger partial charge in [-0.25, -0.2) is 0 Å². The normalized spacial score (nSPS) is 16.2.